The molecule has 1 fully saturated rings. The van der Waals surface area contributed by atoms with Crippen molar-refractivity contribution in [1.82, 2.24) is 5.32 Å². The Morgan fingerprint density at radius 3 is 2.69 bits per heavy atom. The molecule has 2 aliphatic rings. The number of benzene rings is 2. The summed E-state index contributed by atoms with van der Waals surface area (Å²) in [4.78, 5) is 12.4. The molecule has 0 aromatic heterocycles. The van der Waals surface area contributed by atoms with Crippen molar-refractivity contribution in [3.8, 4) is 5.75 Å². The Morgan fingerprint density at radius 2 is 1.97 bits per heavy atom. The molecule has 2 aromatic carbocycles. The summed E-state index contributed by atoms with van der Waals surface area (Å²) in [5.41, 5.74) is 1.28. The maximum atomic E-state index is 12.7. The Balaban J connectivity index is 1.54. The molecule has 32 heavy (non-hydrogen) atoms. The summed E-state index contributed by atoms with van der Waals surface area (Å²) < 4.78 is 40.0. The fourth-order valence-electron chi connectivity index (χ4n) is 4.31. The lowest BCUT2D eigenvalue weighted by Crippen LogP contribution is -2.47. The minimum Gasteiger partial charge on any atom is -0.487 e. The smallest absolute Gasteiger partial charge is 0.261 e. The molecule has 2 aromatic rings. The van der Waals surface area contributed by atoms with E-state index in [-0.39, 0.29) is 42.0 Å². The molecule has 1 saturated heterocycles. The molecular weight excluding hydrogens is 432 g/mol. The van der Waals surface area contributed by atoms with Gasteiger partial charge in [-0.25, -0.2) is 8.42 Å². The molecule has 0 bridgehead atoms. The maximum absolute atomic E-state index is 12.7. The van der Waals surface area contributed by atoms with E-state index in [0.717, 1.165) is 12.0 Å². The van der Waals surface area contributed by atoms with Crippen molar-refractivity contribution in [1.29, 1.82) is 0 Å². The maximum Gasteiger partial charge on any atom is 0.261 e. The first kappa shape index (κ1) is 22.6. The van der Waals surface area contributed by atoms with Gasteiger partial charge in [0.1, 0.15) is 18.0 Å². The van der Waals surface area contributed by atoms with Crippen LogP contribution in [0.5, 0.6) is 5.75 Å². The van der Waals surface area contributed by atoms with Gasteiger partial charge in [0.2, 0.25) is 5.91 Å². The molecule has 9 heteroatoms. The number of fused-ring (bicyclic) bond motifs is 3. The van der Waals surface area contributed by atoms with E-state index in [1.54, 1.807) is 36.4 Å². The zero-order chi connectivity index (χ0) is 22.7. The van der Waals surface area contributed by atoms with Crippen LogP contribution in [0, 0.1) is 0 Å². The molecule has 8 nitrogen and oxygen atoms in total. The van der Waals surface area contributed by atoms with Crippen LogP contribution < -0.4 is 14.8 Å². The van der Waals surface area contributed by atoms with Crippen LogP contribution in [0.25, 0.3) is 0 Å². The number of nitrogens with one attached hydrogen (secondary N) is 2. The van der Waals surface area contributed by atoms with Gasteiger partial charge in [-0.15, -0.1) is 0 Å². The second-order valence-electron chi connectivity index (χ2n) is 8.13. The van der Waals surface area contributed by atoms with Crippen LogP contribution in [0.1, 0.15) is 37.7 Å². The van der Waals surface area contributed by atoms with E-state index in [9.17, 15) is 18.3 Å². The monoisotopic (exact) mass is 460 g/mol. The highest BCUT2D eigenvalue weighted by atomic mass is 32.2. The highest BCUT2D eigenvalue weighted by molar-refractivity contribution is 7.92. The Kier molecular flexibility index (Phi) is 6.68. The number of aliphatic hydroxyl groups is 1. The van der Waals surface area contributed by atoms with Gasteiger partial charge in [-0.05, 0) is 43.2 Å². The van der Waals surface area contributed by atoms with Crippen LogP contribution in [0.15, 0.2) is 53.4 Å². The molecule has 4 rings (SSSR count). The molecule has 3 N–H and O–H groups in total. The average Bonchev–Trinajstić information content (AvgIpc) is 3.15. The minimum atomic E-state index is -3.72. The van der Waals surface area contributed by atoms with Crippen LogP contribution >= 0.6 is 0 Å². The Labute approximate surface area is 188 Å². The van der Waals surface area contributed by atoms with Crippen LogP contribution in [-0.4, -0.2) is 50.9 Å². The average molecular weight is 461 g/mol. The molecule has 2 heterocycles. The first-order chi connectivity index (χ1) is 15.4. The highest BCUT2D eigenvalue weighted by Crippen LogP contribution is 2.47. The van der Waals surface area contributed by atoms with Crippen LogP contribution in [0.4, 0.5) is 5.69 Å². The SMILES string of the molecule is CCCNC(=O)C[C@H]1C[C@@H]2c3cc(NS(=O)(=O)c4ccccc4)ccc3O[C@@H]2[C@@H](CO)O1. The molecule has 4 atom stereocenters. The van der Waals surface area contributed by atoms with E-state index in [1.165, 1.54) is 12.1 Å². The number of sulfonamides is 1. The lowest BCUT2D eigenvalue weighted by molar-refractivity contribution is -0.142. The van der Waals surface area contributed by atoms with Gasteiger partial charge < -0.3 is 19.9 Å². The normalized spacial score (nSPS) is 24.2. The van der Waals surface area contributed by atoms with Crippen molar-refractivity contribution in [3.63, 3.8) is 0 Å². The topological polar surface area (TPSA) is 114 Å². The van der Waals surface area contributed by atoms with Crippen molar-refractivity contribution < 1.29 is 27.8 Å². The number of anilines is 1. The zero-order valence-corrected chi connectivity index (χ0v) is 18.7. The van der Waals surface area contributed by atoms with Gasteiger partial charge >= 0.3 is 0 Å². The van der Waals surface area contributed by atoms with Crippen molar-refractivity contribution in [3.05, 3.63) is 54.1 Å². The predicted molar refractivity (Wildman–Crippen MR) is 119 cm³/mol. The second kappa shape index (κ2) is 9.48. The summed E-state index contributed by atoms with van der Waals surface area (Å²) in [5, 5.41) is 12.7. The van der Waals surface area contributed by atoms with E-state index in [4.69, 9.17) is 9.47 Å². The molecule has 0 saturated carbocycles. The van der Waals surface area contributed by atoms with Crippen LogP contribution in [0.2, 0.25) is 0 Å². The molecule has 0 spiro atoms. The Hall–Kier alpha value is -2.62. The van der Waals surface area contributed by atoms with E-state index >= 15 is 0 Å². The van der Waals surface area contributed by atoms with E-state index in [2.05, 4.69) is 10.0 Å². The first-order valence-corrected chi connectivity index (χ1v) is 12.3. The lowest BCUT2D eigenvalue weighted by atomic mass is 9.84. The van der Waals surface area contributed by atoms with E-state index in [1.807, 2.05) is 6.92 Å². The second-order valence-corrected chi connectivity index (χ2v) is 9.81. The molecule has 2 aliphatic heterocycles. The number of carbonyl (C=O) groups is 1. The number of carbonyl (C=O) groups excluding carboxylic acids is 1. The van der Waals surface area contributed by atoms with Gasteiger partial charge in [0.15, 0.2) is 0 Å². The van der Waals surface area contributed by atoms with Crippen molar-refractivity contribution in [2.75, 3.05) is 17.9 Å². The van der Waals surface area contributed by atoms with Crippen molar-refractivity contribution in [2.45, 2.75) is 55.3 Å². The first-order valence-electron chi connectivity index (χ1n) is 10.8. The Bertz CT molecular complexity index is 1060. The largest absolute Gasteiger partial charge is 0.487 e. The highest BCUT2D eigenvalue weighted by Gasteiger charge is 2.46. The fraction of sp³-hybridized carbons (Fsp3) is 0.435. The molecule has 172 valence electrons. The van der Waals surface area contributed by atoms with Gasteiger partial charge in [-0.1, -0.05) is 25.1 Å². The molecule has 1 amide bonds. The quantitative estimate of drug-likeness (QED) is 0.557. The minimum absolute atomic E-state index is 0.0875. The summed E-state index contributed by atoms with van der Waals surface area (Å²) in [7, 11) is -3.72. The molecule has 0 aliphatic carbocycles. The third-order valence-electron chi connectivity index (χ3n) is 5.79. The summed E-state index contributed by atoms with van der Waals surface area (Å²) in [5.74, 6) is 0.442. The molecule has 0 unspecified atom stereocenters. The summed E-state index contributed by atoms with van der Waals surface area (Å²) in [6.07, 6.45) is 0.298. The summed E-state index contributed by atoms with van der Waals surface area (Å²) in [6, 6.07) is 13.3. The fourth-order valence-corrected chi connectivity index (χ4v) is 5.38. The van der Waals surface area contributed by atoms with Gasteiger partial charge in [0.25, 0.3) is 10.0 Å². The number of rotatable bonds is 8. The number of hydrogen-bond donors (Lipinski definition) is 3. The van der Waals surface area contributed by atoms with Crippen molar-refractivity contribution >= 4 is 21.6 Å². The van der Waals surface area contributed by atoms with Gasteiger partial charge in [0.05, 0.1) is 24.0 Å². The summed E-state index contributed by atoms with van der Waals surface area (Å²) >= 11 is 0. The van der Waals surface area contributed by atoms with E-state index in [0.29, 0.717) is 24.4 Å². The summed E-state index contributed by atoms with van der Waals surface area (Å²) in [6.45, 7) is 2.37. The molecular formula is C23H28N2O6S. The predicted octanol–water partition coefficient (Wildman–Crippen LogP) is 2.40. The third kappa shape index (κ3) is 4.74. The standard InChI is InChI=1S/C23H28N2O6S/c1-2-10-24-22(27)13-16-12-19-18-11-15(25-32(28,29)17-6-4-3-5-7-17)8-9-20(18)31-23(19)21(14-26)30-16/h3-9,11,16,19,21,23,25-26H,2,10,12-14H2,1H3,(H,24,27)/t16-,19-,21-,23+/m1/s1. The van der Waals surface area contributed by atoms with Crippen molar-refractivity contribution in [2.24, 2.45) is 0 Å². The Morgan fingerprint density at radius 1 is 1.19 bits per heavy atom. The number of amides is 1. The zero-order valence-electron chi connectivity index (χ0n) is 17.9. The number of aliphatic hydroxyl groups excluding tert-OH is 1. The van der Waals surface area contributed by atoms with Crippen LogP contribution in [-0.2, 0) is 19.6 Å². The number of hydrogen-bond acceptors (Lipinski definition) is 6. The third-order valence-corrected chi connectivity index (χ3v) is 7.19. The van der Waals surface area contributed by atoms with E-state index < -0.39 is 16.1 Å². The van der Waals surface area contributed by atoms with Gasteiger partial charge in [-0.2, -0.15) is 0 Å². The van der Waals surface area contributed by atoms with Crippen LogP contribution in [0.3, 0.4) is 0 Å². The molecule has 0 radical (unpaired) electrons. The van der Waals surface area contributed by atoms with Gasteiger partial charge in [0, 0.05) is 23.7 Å². The number of ether oxygens (including phenoxy) is 2. The van der Waals surface area contributed by atoms with Gasteiger partial charge in [-0.3, -0.25) is 9.52 Å². The lowest BCUT2D eigenvalue weighted by Gasteiger charge is -2.37.